The SMILES string of the molecule is CC(C)(C)c1c[c-]c(-c2cccc(-c3cc(C(F)(F)F)[nH]n3)n2)cc1.Cc1cc(-c2cccc(-c3[c-]cc(C(C)(C)C)cc3)n2)[n-]n1.[Ir+3]. The Balaban J connectivity index is 0.000000214. The van der Waals surface area contributed by atoms with Crippen LogP contribution in [0.15, 0.2) is 84.9 Å². The van der Waals surface area contributed by atoms with Gasteiger partial charge >= 0.3 is 26.3 Å². The molecular weight excluding hydrogens is 790 g/mol. The minimum absolute atomic E-state index is 0. The summed E-state index contributed by atoms with van der Waals surface area (Å²) in [7, 11) is 0. The van der Waals surface area contributed by atoms with E-state index >= 15 is 0 Å². The van der Waals surface area contributed by atoms with Gasteiger partial charge in [-0.2, -0.15) is 18.3 Å². The maximum Gasteiger partial charge on any atom is 3.00 e. The summed E-state index contributed by atoms with van der Waals surface area (Å²) >= 11 is 0. The van der Waals surface area contributed by atoms with E-state index in [4.69, 9.17) is 0 Å². The number of benzene rings is 2. The summed E-state index contributed by atoms with van der Waals surface area (Å²) in [6.45, 7) is 14.9. The molecule has 0 unspecified atom stereocenters. The first-order valence-corrected chi connectivity index (χ1v) is 15.2. The van der Waals surface area contributed by atoms with Crippen LogP contribution in [0.1, 0.15) is 64.1 Å². The van der Waals surface area contributed by atoms with Crippen LogP contribution in [0.25, 0.3) is 45.3 Å². The van der Waals surface area contributed by atoms with Gasteiger partial charge < -0.3 is 10.2 Å². The fraction of sp³-hybridized carbons (Fsp3) is 0.263. The molecule has 0 radical (unpaired) electrons. The summed E-state index contributed by atoms with van der Waals surface area (Å²) in [4.78, 5) is 9.10. The van der Waals surface area contributed by atoms with Gasteiger partial charge in [-0.1, -0.05) is 77.6 Å². The molecular formula is C38H36F3IrN6. The van der Waals surface area contributed by atoms with Crippen LogP contribution in [0.5, 0.6) is 0 Å². The maximum atomic E-state index is 12.7. The number of nitrogens with one attached hydrogen (secondary N) is 1. The van der Waals surface area contributed by atoms with Crippen molar-refractivity contribution in [2.45, 2.75) is 65.5 Å². The van der Waals surface area contributed by atoms with Gasteiger partial charge in [-0.05, 0) is 47.3 Å². The van der Waals surface area contributed by atoms with Crippen LogP contribution in [-0.2, 0) is 37.1 Å². The number of aryl methyl sites for hydroxylation is 1. The molecule has 0 aliphatic carbocycles. The van der Waals surface area contributed by atoms with Crippen molar-refractivity contribution >= 4 is 0 Å². The van der Waals surface area contributed by atoms with Crippen molar-refractivity contribution in [2.75, 3.05) is 0 Å². The predicted molar refractivity (Wildman–Crippen MR) is 178 cm³/mol. The van der Waals surface area contributed by atoms with Crippen LogP contribution < -0.4 is 5.10 Å². The molecule has 0 saturated carbocycles. The van der Waals surface area contributed by atoms with E-state index in [0.29, 0.717) is 11.4 Å². The monoisotopic (exact) mass is 826 g/mol. The smallest absolute Gasteiger partial charge is 0.574 e. The van der Waals surface area contributed by atoms with Crippen molar-refractivity contribution in [1.82, 2.24) is 30.4 Å². The number of alkyl halides is 3. The predicted octanol–water partition coefficient (Wildman–Crippen LogP) is 9.43. The first-order chi connectivity index (χ1) is 22.1. The molecule has 4 aromatic heterocycles. The third-order valence-electron chi connectivity index (χ3n) is 7.48. The number of rotatable bonds is 4. The summed E-state index contributed by atoms with van der Waals surface area (Å²) in [5, 5.41) is 13.9. The summed E-state index contributed by atoms with van der Waals surface area (Å²) in [6, 6.07) is 32.7. The molecule has 6 rings (SSSR count). The van der Waals surface area contributed by atoms with Crippen molar-refractivity contribution in [3.63, 3.8) is 0 Å². The molecule has 0 aliphatic rings. The number of H-pyrrole nitrogens is 1. The molecule has 2 aromatic carbocycles. The Morgan fingerprint density at radius 1 is 0.646 bits per heavy atom. The molecule has 248 valence electrons. The van der Waals surface area contributed by atoms with Gasteiger partial charge in [-0.15, -0.1) is 70.8 Å². The van der Waals surface area contributed by atoms with E-state index in [1.807, 2.05) is 54.5 Å². The van der Waals surface area contributed by atoms with Gasteiger partial charge in [-0.3, -0.25) is 15.1 Å². The molecule has 0 atom stereocenters. The van der Waals surface area contributed by atoms with Crippen molar-refractivity contribution in [3.8, 4) is 45.3 Å². The normalized spacial score (nSPS) is 11.8. The average molecular weight is 826 g/mol. The summed E-state index contributed by atoms with van der Waals surface area (Å²) < 4.78 is 38.1. The molecule has 1 N–H and O–H groups in total. The number of hydrogen-bond donors (Lipinski definition) is 1. The number of aromatic nitrogens is 6. The number of halogens is 3. The minimum atomic E-state index is -4.46. The Labute approximate surface area is 293 Å². The second-order valence-corrected chi connectivity index (χ2v) is 13.3. The zero-order valence-electron chi connectivity index (χ0n) is 27.8. The Morgan fingerprint density at radius 2 is 1.15 bits per heavy atom. The minimum Gasteiger partial charge on any atom is -0.574 e. The molecule has 0 bridgehead atoms. The van der Waals surface area contributed by atoms with Gasteiger partial charge in [0.05, 0.1) is 5.69 Å². The number of aromatic amines is 1. The zero-order valence-corrected chi connectivity index (χ0v) is 30.2. The van der Waals surface area contributed by atoms with Gasteiger partial charge in [-0.25, -0.2) is 0 Å². The van der Waals surface area contributed by atoms with Gasteiger partial charge in [0.2, 0.25) is 0 Å². The average Bonchev–Trinajstić information content (AvgIpc) is 3.71. The quantitative estimate of drug-likeness (QED) is 0.179. The van der Waals surface area contributed by atoms with Gasteiger partial charge in [0.25, 0.3) is 0 Å². The fourth-order valence-corrected chi connectivity index (χ4v) is 4.67. The van der Waals surface area contributed by atoms with E-state index in [1.54, 1.807) is 18.2 Å². The molecule has 6 nitrogen and oxygen atoms in total. The Bertz CT molecular complexity index is 1940. The van der Waals surface area contributed by atoms with E-state index in [0.717, 1.165) is 45.5 Å². The molecule has 0 aliphatic heterocycles. The van der Waals surface area contributed by atoms with E-state index in [1.165, 1.54) is 5.56 Å². The first kappa shape index (κ1) is 36.4. The van der Waals surface area contributed by atoms with Crippen molar-refractivity contribution in [1.29, 1.82) is 0 Å². The molecule has 0 spiro atoms. The first-order valence-electron chi connectivity index (χ1n) is 15.2. The molecule has 4 heterocycles. The number of nitrogens with zero attached hydrogens (tertiary/aromatic N) is 5. The summed E-state index contributed by atoms with van der Waals surface area (Å²) in [6.07, 6.45) is -4.46. The molecule has 0 amide bonds. The van der Waals surface area contributed by atoms with E-state index < -0.39 is 11.9 Å². The van der Waals surface area contributed by atoms with Crippen LogP contribution >= 0.6 is 0 Å². The maximum absolute atomic E-state index is 12.7. The number of pyridine rings is 2. The molecule has 6 aromatic rings. The van der Waals surface area contributed by atoms with Gasteiger partial charge in [0.1, 0.15) is 11.4 Å². The van der Waals surface area contributed by atoms with Crippen LogP contribution in [0.3, 0.4) is 0 Å². The zero-order chi connectivity index (χ0) is 34.0. The van der Waals surface area contributed by atoms with Crippen LogP contribution in [0.2, 0.25) is 0 Å². The van der Waals surface area contributed by atoms with Gasteiger partial charge in [0, 0.05) is 11.4 Å². The fourth-order valence-electron chi connectivity index (χ4n) is 4.67. The standard InChI is InChI=1S/C19H17F3N3.C19H19N3.Ir/c1-18(2,3)13-9-7-12(8-10-13)14-5-4-6-15(23-14)16-11-17(25-24-16)19(20,21)22;1-13-12-18(22-21-13)17-7-5-6-16(20-17)14-8-10-15(11-9-14)19(2,3)4;/h4-7,9-11H,1-3H3,(H,24,25);5-8,10-12H,1-4H3;/q-1;-2;+3. The van der Waals surface area contributed by atoms with Crippen LogP contribution in [0.4, 0.5) is 13.2 Å². The van der Waals surface area contributed by atoms with E-state index in [9.17, 15) is 13.2 Å². The molecule has 0 saturated heterocycles. The van der Waals surface area contributed by atoms with Gasteiger partial charge in [0.15, 0.2) is 0 Å². The van der Waals surface area contributed by atoms with Crippen LogP contribution in [0, 0.1) is 19.1 Å². The summed E-state index contributed by atoms with van der Waals surface area (Å²) in [5.74, 6) is 0. The van der Waals surface area contributed by atoms with Crippen LogP contribution in [-0.4, -0.2) is 25.3 Å². The van der Waals surface area contributed by atoms with E-state index in [2.05, 4.69) is 97.1 Å². The van der Waals surface area contributed by atoms with E-state index in [-0.39, 0.29) is 36.6 Å². The molecule has 0 fully saturated rings. The molecule has 10 heteroatoms. The molecule has 48 heavy (non-hydrogen) atoms. The Morgan fingerprint density at radius 3 is 1.56 bits per heavy atom. The van der Waals surface area contributed by atoms with Crippen molar-refractivity contribution < 1.29 is 33.3 Å². The number of hydrogen-bond acceptors (Lipinski definition) is 4. The summed E-state index contributed by atoms with van der Waals surface area (Å²) in [5.41, 5.74) is 8.06. The third-order valence-corrected chi connectivity index (χ3v) is 7.48. The largest absolute Gasteiger partial charge is 3.00 e. The van der Waals surface area contributed by atoms with Crippen molar-refractivity contribution in [3.05, 3.63) is 120 Å². The third kappa shape index (κ3) is 8.94. The topological polar surface area (TPSA) is 81.5 Å². The Kier molecular flexibility index (Phi) is 10.9. The second kappa shape index (κ2) is 14.4. The van der Waals surface area contributed by atoms with Crippen molar-refractivity contribution in [2.24, 2.45) is 0 Å². The Hall–Kier alpha value is -4.40. The second-order valence-electron chi connectivity index (χ2n) is 13.3.